The molecule has 3 rings (SSSR count). The first kappa shape index (κ1) is 18.6. The van der Waals surface area contributed by atoms with E-state index in [2.05, 4.69) is 15.1 Å². The van der Waals surface area contributed by atoms with Crippen LogP contribution < -0.4 is 5.32 Å². The van der Waals surface area contributed by atoms with E-state index < -0.39 is 0 Å². The van der Waals surface area contributed by atoms with Gasteiger partial charge < -0.3 is 10.4 Å². The Balaban J connectivity index is 1.51. The number of nitrogens with zero attached hydrogens (tertiary/aromatic N) is 2. The summed E-state index contributed by atoms with van der Waals surface area (Å²) in [6.45, 7) is 6.40. The number of hydrogen-bond donors (Lipinski definition) is 2. The maximum atomic E-state index is 12.4. The van der Waals surface area contributed by atoms with E-state index in [0.717, 1.165) is 49.8 Å². The number of piperazine rings is 1. The van der Waals surface area contributed by atoms with Gasteiger partial charge in [0.05, 0.1) is 6.54 Å². The zero-order chi connectivity index (χ0) is 17.8. The Hall–Kier alpha value is -1.14. The highest BCUT2D eigenvalue weighted by Gasteiger charge is 2.32. The Bertz CT molecular complexity index is 606. The topological polar surface area (TPSA) is 55.8 Å². The van der Waals surface area contributed by atoms with Crippen molar-refractivity contribution >= 4 is 23.2 Å². The second-order valence-electron chi connectivity index (χ2n) is 7.35. The number of amides is 1. The smallest absolute Gasteiger partial charge is 0.238 e. The number of nitrogens with one attached hydrogen (secondary N) is 1. The third kappa shape index (κ3) is 5.42. The number of aliphatic hydroxyl groups excluding tert-OH is 1. The molecular formula is C19H28ClN3O2. The summed E-state index contributed by atoms with van der Waals surface area (Å²) in [7, 11) is 0. The van der Waals surface area contributed by atoms with E-state index in [9.17, 15) is 9.90 Å². The van der Waals surface area contributed by atoms with Crippen LogP contribution in [0, 0.1) is 12.8 Å². The molecule has 1 aliphatic heterocycles. The van der Waals surface area contributed by atoms with E-state index in [1.807, 2.05) is 19.1 Å². The van der Waals surface area contributed by atoms with E-state index in [0.29, 0.717) is 17.6 Å². The quantitative estimate of drug-likeness (QED) is 0.779. The molecule has 1 aliphatic carbocycles. The van der Waals surface area contributed by atoms with Crippen LogP contribution in [-0.4, -0.2) is 66.2 Å². The highest BCUT2D eigenvalue weighted by Crippen LogP contribution is 2.31. The SMILES string of the molecule is Cc1cc(NC(=O)CN2CCN(CC3CC3)C(CCO)C2)ccc1Cl. The number of aliphatic hydroxyl groups is 1. The minimum atomic E-state index is 0.000105. The fourth-order valence-electron chi connectivity index (χ4n) is 3.52. The molecule has 2 N–H and O–H groups in total. The summed E-state index contributed by atoms with van der Waals surface area (Å²) in [4.78, 5) is 17.1. The Labute approximate surface area is 154 Å². The van der Waals surface area contributed by atoms with Crippen LogP contribution >= 0.6 is 11.6 Å². The number of halogens is 1. The summed E-state index contributed by atoms with van der Waals surface area (Å²) in [6, 6.07) is 5.88. The van der Waals surface area contributed by atoms with Crippen LogP contribution in [-0.2, 0) is 4.79 Å². The van der Waals surface area contributed by atoms with Gasteiger partial charge in [-0.2, -0.15) is 0 Å². The van der Waals surface area contributed by atoms with Crippen LogP contribution in [0.1, 0.15) is 24.8 Å². The lowest BCUT2D eigenvalue weighted by Crippen LogP contribution is -2.55. The van der Waals surface area contributed by atoms with Crippen LogP contribution in [0.15, 0.2) is 18.2 Å². The molecular weight excluding hydrogens is 338 g/mol. The third-order valence-electron chi connectivity index (χ3n) is 5.15. The van der Waals surface area contributed by atoms with Crippen molar-refractivity contribution in [1.29, 1.82) is 0 Å². The predicted molar refractivity (Wildman–Crippen MR) is 101 cm³/mol. The van der Waals surface area contributed by atoms with Crippen LogP contribution in [0.2, 0.25) is 5.02 Å². The standard InChI is InChI=1S/C19H28ClN3O2/c1-14-10-16(4-5-18(14)20)21-19(25)13-22-7-8-23(11-15-2-3-15)17(12-22)6-9-24/h4-5,10,15,17,24H,2-3,6-9,11-13H2,1H3,(H,21,25). The molecule has 25 heavy (non-hydrogen) atoms. The van der Waals surface area contributed by atoms with E-state index in [-0.39, 0.29) is 12.5 Å². The van der Waals surface area contributed by atoms with Crippen molar-refractivity contribution < 1.29 is 9.90 Å². The lowest BCUT2D eigenvalue weighted by Gasteiger charge is -2.41. The molecule has 2 fully saturated rings. The first-order valence-electron chi connectivity index (χ1n) is 9.18. The van der Waals surface area contributed by atoms with E-state index in [1.54, 1.807) is 6.07 Å². The Morgan fingerprint density at radius 3 is 2.84 bits per heavy atom. The molecule has 1 atom stereocenters. The van der Waals surface area contributed by atoms with Gasteiger partial charge in [-0.15, -0.1) is 0 Å². The van der Waals surface area contributed by atoms with Crippen molar-refractivity contribution in [3.63, 3.8) is 0 Å². The summed E-state index contributed by atoms with van der Waals surface area (Å²) in [5.74, 6) is 0.851. The van der Waals surface area contributed by atoms with Gasteiger partial charge >= 0.3 is 0 Å². The van der Waals surface area contributed by atoms with Crippen molar-refractivity contribution in [3.05, 3.63) is 28.8 Å². The van der Waals surface area contributed by atoms with Gasteiger partial charge in [0, 0.05) is 49.5 Å². The predicted octanol–water partition coefficient (Wildman–Crippen LogP) is 2.37. The van der Waals surface area contributed by atoms with E-state index in [1.165, 1.54) is 12.8 Å². The van der Waals surface area contributed by atoms with E-state index >= 15 is 0 Å². The fraction of sp³-hybridized carbons (Fsp3) is 0.632. The number of benzene rings is 1. The molecule has 1 heterocycles. The van der Waals surface area contributed by atoms with Gasteiger partial charge in [0.1, 0.15) is 0 Å². The maximum absolute atomic E-state index is 12.4. The van der Waals surface area contributed by atoms with Crippen molar-refractivity contribution in [1.82, 2.24) is 9.80 Å². The zero-order valence-corrected chi connectivity index (χ0v) is 15.6. The van der Waals surface area contributed by atoms with Gasteiger partial charge in [0.15, 0.2) is 0 Å². The molecule has 0 bridgehead atoms. The molecule has 5 nitrogen and oxygen atoms in total. The van der Waals surface area contributed by atoms with Gasteiger partial charge in [0.2, 0.25) is 5.91 Å². The van der Waals surface area contributed by atoms with Crippen molar-refractivity contribution in [2.75, 3.05) is 44.6 Å². The van der Waals surface area contributed by atoms with Crippen LogP contribution in [0.4, 0.5) is 5.69 Å². The molecule has 1 aromatic rings. The Morgan fingerprint density at radius 1 is 1.36 bits per heavy atom. The third-order valence-corrected chi connectivity index (χ3v) is 5.57. The van der Waals surface area contributed by atoms with Gasteiger partial charge in [0.25, 0.3) is 0 Å². The van der Waals surface area contributed by atoms with Crippen molar-refractivity contribution in [3.8, 4) is 0 Å². The van der Waals surface area contributed by atoms with Gasteiger partial charge in [-0.25, -0.2) is 0 Å². The monoisotopic (exact) mass is 365 g/mol. The molecule has 1 unspecified atom stereocenters. The number of rotatable bonds is 7. The number of aryl methyl sites for hydroxylation is 1. The van der Waals surface area contributed by atoms with Gasteiger partial charge in [-0.05, 0) is 55.9 Å². The minimum absolute atomic E-state index is 0.000105. The summed E-state index contributed by atoms with van der Waals surface area (Å²) in [5.41, 5.74) is 1.74. The average Bonchev–Trinajstić information content (AvgIpc) is 3.38. The highest BCUT2D eigenvalue weighted by molar-refractivity contribution is 6.31. The number of carbonyl (C=O) groups is 1. The molecule has 0 aromatic heterocycles. The highest BCUT2D eigenvalue weighted by atomic mass is 35.5. The lowest BCUT2D eigenvalue weighted by atomic mass is 10.1. The molecule has 138 valence electrons. The summed E-state index contributed by atoms with van der Waals surface area (Å²) in [6.07, 6.45) is 3.46. The lowest BCUT2D eigenvalue weighted by molar-refractivity contribution is -0.118. The number of carbonyl (C=O) groups excluding carboxylic acids is 1. The van der Waals surface area contributed by atoms with Crippen LogP contribution in [0.25, 0.3) is 0 Å². The van der Waals surface area contributed by atoms with E-state index in [4.69, 9.17) is 11.6 Å². The first-order valence-corrected chi connectivity index (χ1v) is 9.56. The molecule has 1 saturated carbocycles. The molecule has 1 amide bonds. The Morgan fingerprint density at radius 2 is 2.16 bits per heavy atom. The summed E-state index contributed by atoms with van der Waals surface area (Å²) >= 11 is 6.03. The Kier molecular flexibility index (Phi) is 6.34. The average molecular weight is 366 g/mol. The maximum Gasteiger partial charge on any atom is 0.238 e. The molecule has 2 aliphatic rings. The molecule has 6 heteroatoms. The summed E-state index contributed by atoms with van der Waals surface area (Å²) < 4.78 is 0. The van der Waals surface area contributed by atoms with Gasteiger partial charge in [-0.3, -0.25) is 14.6 Å². The first-order chi connectivity index (χ1) is 12.0. The largest absolute Gasteiger partial charge is 0.396 e. The zero-order valence-electron chi connectivity index (χ0n) is 14.9. The molecule has 1 saturated heterocycles. The van der Waals surface area contributed by atoms with Crippen molar-refractivity contribution in [2.24, 2.45) is 5.92 Å². The van der Waals surface area contributed by atoms with Crippen molar-refractivity contribution in [2.45, 2.75) is 32.2 Å². The molecule has 1 aromatic carbocycles. The second-order valence-corrected chi connectivity index (χ2v) is 7.76. The minimum Gasteiger partial charge on any atom is -0.396 e. The van der Waals surface area contributed by atoms with Gasteiger partial charge in [-0.1, -0.05) is 11.6 Å². The summed E-state index contributed by atoms with van der Waals surface area (Å²) in [5, 5.41) is 13.0. The second kappa shape index (κ2) is 8.49. The van der Waals surface area contributed by atoms with Crippen LogP contribution in [0.3, 0.4) is 0 Å². The normalized spacial score (nSPS) is 22.1. The number of hydrogen-bond acceptors (Lipinski definition) is 4. The van der Waals surface area contributed by atoms with Crippen LogP contribution in [0.5, 0.6) is 0 Å². The molecule has 0 spiro atoms. The number of anilines is 1. The fourth-order valence-corrected chi connectivity index (χ4v) is 3.64. The molecule has 0 radical (unpaired) electrons.